The zero-order valence-electron chi connectivity index (χ0n) is 9.58. The molecule has 0 fully saturated rings. The van der Waals surface area contributed by atoms with E-state index in [-0.39, 0.29) is 5.82 Å². The Hall–Kier alpha value is -1.15. The van der Waals surface area contributed by atoms with E-state index < -0.39 is 0 Å². The third-order valence-corrected chi connectivity index (χ3v) is 3.11. The van der Waals surface area contributed by atoms with Gasteiger partial charge in [-0.15, -0.1) is 0 Å². The Morgan fingerprint density at radius 2 is 2.06 bits per heavy atom. The Kier molecular flexibility index (Phi) is 3.73. The van der Waals surface area contributed by atoms with Crippen molar-refractivity contribution in [3.05, 3.63) is 41.7 Å². The van der Waals surface area contributed by atoms with Crippen molar-refractivity contribution in [2.24, 2.45) is 5.92 Å². The first-order valence-corrected chi connectivity index (χ1v) is 5.76. The Bertz CT molecular complexity index is 367. The molecule has 0 saturated carbocycles. The fourth-order valence-corrected chi connectivity index (χ4v) is 2.31. The van der Waals surface area contributed by atoms with Crippen molar-refractivity contribution in [1.29, 1.82) is 0 Å². The maximum atomic E-state index is 12.9. The van der Waals surface area contributed by atoms with Gasteiger partial charge in [-0.05, 0) is 42.5 Å². The number of halogens is 1. The summed E-state index contributed by atoms with van der Waals surface area (Å²) in [7, 11) is 1.73. The molecule has 16 heavy (non-hydrogen) atoms. The smallest absolute Gasteiger partial charge is 0.123 e. The topological polar surface area (TPSA) is 9.23 Å². The second-order valence-corrected chi connectivity index (χ2v) is 4.25. The summed E-state index contributed by atoms with van der Waals surface area (Å²) < 4.78 is 18.1. The summed E-state index contributed by atoms with van der Waals surface area (Å²) in [5.41, 5.74) is 2.44. The van der Waals surface area contributed by atoms with E-state index in [9.17, 15) is 4.39 Å². The Morgan fingerprint density at radius 1 is 1.31 bits per heavy atom. The third kappa shape index (κ3) is 2.50. The molecule has 1 aliphatic carbocycles. The molecule has 0 heterocycles. The fraction of sp³-hybridized carbons (Fsp3) is 0.429. The number of methoxy groups -OCH3 is 1. The van der Waals surface area contributed by atoms with E-state index in [0.717, 1.165) is 25.0 Å². The minimum atomic E-state index is -0.177. The molecule has 2 heteroatoms. The van der Waals surface area contributed by atoms with Crippen LogP contribution in [0.25, 0.3) is 5.57 Å². The van der Waals surface area contributed by atoms with Gasteiger partial charge in [0, 0.05) is 13.0 Å². The van der Waals surface area contributed by atoms with Crippen LogP contribution in [0.3, 0.4) is 0 Å². The van der Waals surface area contributed by atoms with Gasteiger partial charge in [0.25, 0.3) is 0 Å². The van der Waals surface area contributed by atoms with Crippen LogP contribution in [0.5, 0.6) is 0 Å². The van der Waals surface area contributed by atoms with Crippen molar-refractivity contribution in [2.75, 3.05) is 13.7 Å². The summed E-state index contributed by atoms with van der Waals surface area (Å²) in [6.07, 6.45) is 5.77. The van der Waals surface area contributed by atoms with Crippen LogP contribution in [0.15, 0.2) is 30.3 Å². The molecule has 0 radical (unpaired) electrons. The lowest BCUT2D eigenvalue weighted by atomic mass is 9.84. The molecule has 1 aromatic rings. The van der Waals surface area contributed by atoms with Gasteiger partial charge in [0.1, 0.15) is 5.82 Å². The minimum absolute atomic E-state index is 0.177. The molecular formula is C14H17FO. The maximum absolute atomic E-state index is 12.9. The molecular weight excluding hydrogens is 203 g/mol. The highest BCUT2D eigenvalue weighted by Gasteiger charge is 2.18. The van der Waals surface area contributed by atoms with Gasteiger partial charge in [-0.2, -0.15) is 0 Å². The van der Waals surface area contributed by atoms with Crippen molar-refractivity contribution < 1.29 is 9.13 Å². The normalized spacial score (nSPS) is 20.6. The van der Waals surface area contributed by atoms with Crippen LogP contribution in [-0.2, 0) is 4.74 Å². The Morgan fingerprint density at radius 3 is 2.75 bits per heavy atom. The van der Waals surface area contributed by atoms with Crippen LogP contribution in [-0.4, -0.2) is 13.7 Å². The maximum Gasteiger partial charge on any atom is 0.123 e. The lowest BCUT2D eigenvalue weighted by Gasteiger charge is -2.24. The Balaban J connectivity index is 2.23. The van der Waals surface area contributed by atoms with E-state index in [0.29, 0.717) is 5.92 Å². The number of ether oxygens (including phenoxy) is 1. The van der Waals surface area contributed by atoms with Crippen LogP contribution >= 0.6 is 0 Å². The van der Waals surface area contributed by atoms with Gasteiger partial charge in [0.2, 0.25) is 0 Å². The predicted molar refractivity (Wildman–Crippen MR) is 63.6 cm³/mol. The highest BCUT2D eigenvalue weighted by molar-refractivity contribution is 5.68. The average Bonchev–Trinajstić information content (AvgIpc) is 2.32. The van der Waals surface area contributed by atoms with Crippen LogP contribution in [0.2, 0.25) is 0 Å². The van der Waals surface area contributed by atoms with E-state index in [1.54, 1.807) is 7.11 Å². The summed E-state index contributed by atoms with van der Waals surface area (Å²) in [4.78, 5) is 0. The summed E-state index contributed by atoms with van der Waals surface area (Å²) >= 11 is 0. The average molecular weight is 220 g/mol. The molecule has 1 aromatic carbocycles. The van der Waals surface area contributed by atoms with Crippen molar-refractivity contribution >= 4 is 5.57 Å². The second-order valence-electron chi connectivity index (χ2n) is 4.25. The standard InChI is InChI=1S/C14H17FO/c1-16-10-12-4-2-3-5-14(12)11-6-8-13(15)9-7-11/h5-9,12H,2-4,10H2,1H3. The van der Waals surface area contributed by atoms with Crippen molar-refractivity contribution in [1.82, 2.24) is 0 Å². The minimum Gasteiger partial charge on any atom is -0.384 e. The van der Waals surface area contributed by atoms with Crippen LogP contribution in [0.4, 0.5) is 4.39 Å². The van der Waals surface area contributed by atoms with Crippen LogP contribution in [0, 0.1) is 11.7 Å². The van der Waals surface area contributed by atoms with Crippen LogP contribution < -0.4 is 0 Å². The van der Waals surface area contributed by atoms with Crippen molar-refractivity contribution in [3.8, 4) is 0 Å². The number of hydrogen-bond acceptors (Lipinski definition) is 1. The lowest BCUT2D eigenvalue weighted by molar-refractivity contribution is 0.167. The number of benzene rings is 1. The quantitative estimate of drug-likeness (QED) is 0.755. The molecule has 1 aliphatic rings. The highest BCUT2D eigenvalue weighted by Crippen LogP contribution is 2.32. The van der Waals surface area contributed by atoms with E-state index in [4.69, 9.17) is 4.74 Å². The first kappa shape index (κ1) is 11.3. The first-order valence-electron chi connectivity index (χ1n) is 5.76. The van der Waals surface area contributed by atoms with Gasteiger partial charge in [0.15, 0.2) is 0 Å². The van der Waals surface area contributed by atoms with E-state index in [1.807, 2.05) is 12.1 Å². The van der Waals surface area contributed by atoms with Gasteiger partial charge in [0.05, 0.1) is 6.61 Å². The molecule has 0 amide bonds. The monoisotopic (exact) mass is 220 g/mol. The molecule has 1 atom stereocenters. The highest BCUT2D eigenvalue weighted by atomic mass is 19.1. The first-order chi connectivity index (χ1) is 7.81. The summed E-state index contributed by atoms with van der Waals surface area (Å²) in [5.74, 6) is 0.285. The van der Waals surface area contributed by atoms with Crippen molar-refractivity contribution in [2.45, 2.75) is 19.3 Å². The Labute approximate surface area is 95.9 Å². The summed E-state index contributed by atoms with van der Waals surface area (Å²) in [5, 5.41) is 0. The van der Waals surface area contributed by atoms with Crippen molar-refractivity contribution in [3.63, 3.8) is 0 Å². The number of allylic oxidation sites excluding steroid dienone is 1. The molecule has 0 aliphatic heterocycles. The van der Waals surface area contributed by atoms with Gasteiger partial charge in [-0.1, -0.05) is 18.2 Å². The predicted octanol–water partition coefficient (Wildman–Crippen LogP) is 3.66. The zero-order chi connectivity index (χ0) is 11.4. The fourth-order valence-electron chi connectivity index (χ4n) is 2.31. The summed E-state index contributed by atoms with van der Waals surface area (Å²) in [6, 6.07) is 6.76. The molecule has 2 rings (SSSR count). The molecule has 0 spiro atoms. The van der Waals surface area contributed by atoms with E-state index in [2.05, 4.69) is 6.08 Å². The zero-order valence-corrected chi connectivity index (χ0v) is 9.58. The van der Waals surface area contributed by atoms with Gasteiger partial charge in [-0.25, -0.2) is 4.39 Å². The molecule has 0 bridgehead atoms. The largest absolute Gasteiger partial charge is 0.384 e. The van der Waals surface area contributed by atoms with Gasteiger partial charge < -0.3 is 4.74 Å². The molecule has 0 N–H and O–H groups in total. The number of hydrogen-bond donors (Lipinski definition) is 0. The van der Waals surface area contributed by atoms with E-state index >= 15 is 0 Å². The molecule has 1 nitrogen and oxygen atoms in total. The third-order valence-electron chi connectivity index (χ3n) is 3.11. The van der Waals surface area contributed by atoms with Crippen LogP contribution in [0.1, 0.15) is 24.8 Å². The SMILES string of the molecule is COCC1CCCC=C1c1ccc(F)cc1. The second kappa shape index (κ2) is 5.26. The summed E-state index contributed by atoms with van der Waals surface area (Å²) in [6.45, 7) is 0.753. The number of rotatable bonds is 3. The lowest BCUT2D eigenvalue weighted by Crippen LogP contribution is -2.13. The van der Waals surface area contributed by atoms with E-state index in [1.165, 1.54) is 24.1 Å². The molecule has 0 saturated heterocycles. The molecule has 0 aromatic heterocycles. The molecule has 86 valence electrons. The molecule has 1 unspecified atom stereocenters. The van der Waals surface area contributed by atoms with Gasteiger partial charge >= 0.3 is 0 Å². The van der Waals surface area contributed by atoms with Gasteiger partial charge in [-0.3, -0.25) is 0 Å².